The van der Waals surface area contributed by atoms with E-state index in [4.69, 9.17) is 13.7 Å². The van der Waals surface area contributed by atoms with Crippen LogP contribution in [0, 0.1) is 19.8 Å². The number of rotatable bonds is 2. The molecule has 0 radical (unpaired) electrons. The van der Waals surface area contributed by atoms with Crippen molar-refractivity contribution in [1.82, 2.24) is 15.0 Å². The van der Waals surface area contributed by atoms with E-state index in [0.717, 1.165) is 18.6 Å². The predicted octanol–water partition coefficient (Wildman–Crippen LogP) is 2.31. The molecular formula is C17H21N3O4. The first-order chi connectivity index (χ1) is 11.6. The molecule has 4 rings (SSSR count). The van der Waals surface area contributed by atoms with Gasteiger partial charge in [0.05, 0.1) is 6.10 Å². The van der Waals surface area contributed by atoms with Crippen molar-refractivity contribution in [2.24, 2.45) is 5.92 Å². The molecule has 2 aromatic heterocycles. The van der Waals surface area contributed by atoms with E-state index in [9.17, 15) is 4.79 Å². The van der Waals surface area contributed by atoms with Crippen LogP contribution in [0.1, 0.15) is 46.8 Å². The van der Waals surface area contributed by atoms with Crippen LogP contribution in [0.15, 0.2) is 21.1 Å². The van der Waals surface area contributed by atoms with Crippen LogP contribution in [0.2, 0.25) is 0 Å². The molecule has 0 aromatic carbocycles. The van der Waals surface area contributed by atoms with Crippen LogP contribution in [-0.2, 0) is 4.74 Å². The fourth-order valence-corrected chi connectivity index (χ4v) is 3.77. The highest BCUT2D eigenvalue weighted by Gasteiger charge is 2.42. The van der Waals surface area contributed by atoms with E-state index in [-0.39, 0.29) is 23.8 Å². The van der Waals surface area contributed by atoms with E-state index in [2.05, 4.69) is 10.1 Å². The summed E-state index contributed by atoms with van der Waals surface area (Å²) in [7, 11) is 0. The number of aryl methyl sites for hydroxylation is 2. The summed E-state index contributed by atoms with van der Waals surface area (Å²) >= 11 is 0. The molecule has 2 aromatic rings. The first-order valence-corrected chi connectivity index (χ1v) is 8.39. The molecule has 1 amide bonds. The van der Waals surface area contributed by atoms with Gasteiger partial charge in [0, 0.05) is 31.5 Å². The summed E-state index contributed by atoms with van der Waals surface area (Å²) in [6.07, 6.45) is 1.79. The molecule has 0 bridgehead atoms. The minimum atomic E-state index is -0.0624. The molecule has 7 nitrogen and oxygen atoms in total. The van der Waals surface area contributed by atoms with Gasteiger partial charge in [0.15, 0.2) is 11.6 Å². The topological polar surface area (TPSA) is 81.6 Å². The monoisotopic (exact) mass is 331 g/mol. The molecule has 0 saturated carbocycles. The van der Waals surface area contributed by atoms with Gasteiger partial charge in [0.1, 0.15) is 5.76 Å². The van der Waals surface area contributed by atoms with Gasteiger partial charge < -0.3 is 18.6 Å². The minimum absolute atomic E-state index is 0.0624. The van der Waals surface area contributed by atoms with Crippen molar-refractivity contribution < 1.29 is 18.5 Å². The Balaban J connectivity index is 1.54. The highest BCUT2D eigenvalue weighted by Crippen LogP contribution is 2.39. The zero-order valence-corrected chi connectivity index (χ0v) is 13.9. The SMILES string of the molecule is Cc1noc([C@@H]2CCO[C@@H]3CCN(C(=O)c4ccc(C)o4)C[C@@H]32)n1. The summed E-state index contributed by atoms with van der Waals surface area (Å²) in [5, 5.41) is 3.91. The van der Waals surface area contributed by atoms with E-state index < -0.39 is 0 Å². The molecule has 0 unspecified atom stereocenters. The van der Waals surface area contributed by atoms with E-state index in [1.807, 2.05) is 24.8 Å². The van der Waals surface area contributed by atoms with Gasteiger partial charge in [-0.1, -0.05) is 5.16 Å². The Morgan fingerprint density at radius 1 is 1.29 bits per heavy atom. The first kappa shape index (κ1) is 15.4. The molecule has 7 heteroatoms. The lowest BCUT2D eigenvalue weighted by Crippen LogP contribution is -2.51. The molecule has 2 aliphatic heterocycles. The second kappa shape index (κ2) is 6.05. The first-order valence-electron chi connectivity index (χ1n) is 8.39. The molecule has 0 aliphatic carbocycles. The maximum absolute atomic E-state index is 12.7. The summed E-state index contributed by atoms with van der Waals surface area (Å²) in [5.41, 5.74) is 0. The van der Waals surface area contributed by atoms with Crippen molar-refractivity contribution in [1.29, 1.82) is 0 Å². The zero-order chi connectivity index (χ0) is 16.7. The van der Waals surface area contributed by atoms with Crippen molar-refractivity contribution in [2.45, 2.75) is 38.7 Å². The number of carbonyl (C=O) groups excluding carboxylic acids is 1. The highest BCUT2D eigenvalue weighted by molar-refractivity contribution is 5.91. The molecule has 3 atom stereocenters. The summed E-state index contributed by atoms with van der Waals surface area (Å²) in [4.78, 5) is 18.9. The van der Waals surface area contributed by atoms with Gasteiger partial charge in [-0.05, 0) is 38.8 Å². The Hall–Kier alpha value is -2.15. The van der Waals surface area contributed by atoms with Crippen molar-refractivity contribution in [3.8, 4) is 0 Å². The fraction of sp³-hybridized carbons (Fsp3) is 0.588. The van der Waals surface area contributed by atoms with E-state index >= 15 is 0 Å². The molecular weight excluding hydrogens is 310 g/mol. The van der Waals surface area contributed by atoms with Crippen molar-refractivity contribution in [3.63, 3.8) is 0 Å². The maximum Gasteiger partial charge on any atom is 0.289 e. The van der Waals surface area contributed by atoms with Crippen molar-refractivity contribution in [2.75, 3.05) is 19.7 Å². The van der Waals surface area contributed by atoms with Crippen LogP contribution in [0.25, 0.3) is 0 Å². The molecule has 2 aliphatic rings. The average molecular weight is 331 g/mol. The van der Waals surface area contributed by atoms with Gasteiger partial charge in [-0.2, -0.15) is 4.98 Å². The number of fused-ring (bicyclic) bond motifs is 1. The van der Waals surface area contributed by atoms with Crippen LogP contribution in [0.4, 0.5) is 0 Å². The van der Waals surface area contributed by atoms with Crippen LogP contribution < -0.4 is 0 Å². The second-order valence-electron chi connectivity index (χ2n) is 6.60. The van der Waals surface area contributed by atoms with E-state index in [0.29, 0.717) is 37.2 Å². The second-order valence-corrected chi connectivity index (χ2v) is 6.60. The third kappa shape index (κ3) is 2.73. The Bertz CT molecular complexity index is 738. The molecule has 128 valence electrons. The molecule has 2 saturated heterocycles. The highest BCUT2D eigenvalue weighted by atomic mass is 16.5. The van der Waals surface area contributed by atoms with Gasteiger partial charge >= 0.3 is 0 Å². The third-order valence-electron chi connectivity index (χ3n) is 4.97. The lowest BCUT2D eigenvalue weighted by molar-refractivity contribution is -0.0759. The van der Waals surface area contributed by atoms with Crippen LogP contribution >= 0.6 is 0 Å². The number of hydrogen-bond acceptors (Lipinski definition) is 6. The van der Waals surface area contributed by atoms with Crippen LogP contribution in [0.5, 0.6) is 0 Å². The van der Waals surface area contributed by atoms with Crippen LogP contribution in [0.3, 0.4) is 0 Å². The number of amides is 1. The number of furan rings is 1. The third-order valence-corrected chi connectivity index (χ3v) is 4.97. The standard InChI is InChI=1S/C17H21N3O4/c1-10-3-4-15(23-10)17(21)20-7-5-14-13(9-20)12(6-8-22-14)16-18-11(2)19-24-16/h3-4,12-14H,5-9H2,1-2H3/t12-,13-,14-/m1/s1. The van der Waals surface area contributed by atoms with Crippen molar-refractivity contribution >= 4 is 5.91 Å². The Labute approximate surface area is 140 Å². The van der Waals surface area contributed by atoms with Gasteiger partial charge in [-0.3, -0.25) is 4.79 Å². The summed E-state index contributed by atoms with van der Waals surface area (Å²) < 4.78 is 16.8. The fourth-order valence-electron chi connectivity index (χ4n) is 3.77. The number of nitrogens with zero attached hydrogens (tertiary/aromatic N) is 3. The number of aromatic nitrogens is 2. The van der Waals surface area contributed by atoms with E-state index in [1.54, 1.807) is 6.07 Å². The number of likely N-dealkylation sites (tertiary alicyclic amines) is 1. The summed E-state index contributed by atoms with van der Waals surface area (Å²) in [5.74, 6) is 2.69. The lowest BCUT2D eigenvalue weighted by Gasteiger charge is -2.43. The summed E-state index contributed by atoms with van der Waals surface area (Å²) in [6, 6.07) is 3.55. The largest absolute Gasteiger partial charge is 0.456 e. The molecule has 0 spiro atoms. The molecule has 4 heterocycles. The van der Waals surface area contributed by atoms with Gasteiger partial charge in [-0.25, -0.2) is 0 Å². The van der Waals surface area contributed by atoms with Crippen molar-refractivity contribution in [3.05, 3.63) is 35.4 Å². The molecule has 0 N–H and O–H groups in total. The smallest absolute Gasteiger partial charge is 0.289 e. The predicted molar refractivity (Wildman–Crippen MR) is 83.6 cm³/mol. The Morgan fingerprint density at radius 2 is 2.17 bits per heavy atom. The van der Waals surface area contributed by atoms with Gasteiger partial charge in [-0.15, -0.1) is 0 Å². The van der Waals surface area contributed by atoms with Gasteiger partial charge in [0.2, 0.25) is 5.89 Å². The minimum Gasteiger partial charge on any atom is -0.456 e. The Morgan fingerprint density at radius 3 is 2.88 bits per heavy atom. The lowest BCUT2D eigenvalue weighted by atomic mass is 9.79. The molecule has 2 fully saturated rings. The van der Waals surface area contributed by atoms with E-state index in [1.165, 1.54) is 0 Å². The normalized spacial score (nSPS) is 27.1. The maximum atomic E-state index is 12.7. The zero-order valence-electron chi connectivity index (χ0n) is 13.9. The van der Waals surface area contributed by atoms with Crippen LogP contribution in [-0.4, -0.2) is 46.7 Å². The van der Waals surface area contributed by atoms with Gasteiger partial charge in [0.25, 0.3) is 5.91 Å². The summed E-state index contributed by atoms with van der Waals surface area (Å²) in [6.45, 7) is 5.65. The average Bonchev–Trinajstić information content (AvgIpc) is 3.21. The number of ether oxygens (including phenoxy) is 1. The Kier molecular flexibility index (Phi) is 3.88. The quantitative estimate of drug-likeness (QED) is 0.840. The number of hydrogen-bond donors (Lipinski definition) is 0. The molecule has 24 heavy (non-hydrogen) atoms. The number of piperidine rings is 1. The number of carbonyl (C=O) groups is 1.